The van der Waals surface area contributed by atoms with Crippen molar-refractivity contribution in [2.45, 2.75) is 32.6 Å². The fourth-order valence-corrected chi connectivity index (χ4v) is 1.97. The minimum Gasteiger partial charge on any atom is -0.356 e. The van der Waals surface area contributed by atoms with Gasteiger partial charge in [0, 0.05) is 23.0 Å². The molecule has 1 N–H and O–H groups in total. The van der Waals surface area contributed by atoms with Crippen molar-refractivity contribution < 1.29 is 4.79 Å². The van der Waals surface area contributed by atoms with Crippen molar-refractivity contribution in [2.75, 3.05) is 6.54 Å². The highest BCUT2D eigenvalue weighted by Gasteiger charge is 2.05. The van der Waals surface area contributed by atoms with E-state index in [1.54, 1.807) is 12.1 Å². The summed E-state index contributed by atoms with van der Waals surface area (Å²) in [6.07, 6.45) is 3.22. The molecule has 0 aromatic heterocycles. The van der Waals surface area contributed by atoms with Crippen molar-refractivity contribution in [3.05, 3.63) is 33.8 Å². The van der Waals surface area contributed by atoms with Crippen LogP contribution in [-0.2, 0) is 11.2 Å². The lowest BCUT2D eigenvalue weighted by molar-refractivity contribution is -0.121. The van der Waals surface area contributed by atoms with E-state index in [1.165, 1.54) is 0 Å². The van der Waals surface area contributed by atoms with Crippen molar-refractivity contribution in [3.8, 4) is 0 Å². The van der Waals surface area contributed by atoms with Gasteiger partial charge in [-0.1, -0.05) is 42.6 Å². The number of nitrogens with one attached hydrogen (secondary N) is 1. The fraction of sp³-hybridized carbons (Fsp3) is 0.462. The summed E-state index contributed by atoms with van der Waals surface area (Å²) >= 11 is 11.8. The van der Waals surface area contributed by atoms with Gasteiger partial charge >= 0.3 is 0 Å². The van der Waals surface area contributed by atoms with E-state index in [-0.39, 0.29) is 5.91 Å². The van der Waals surface area contributed by atoms with Crippen molar-refractivity contribution >= 4 is 29.1 Å². The first-order valence-electron chi connectivity index (χ1n) is 5.84. The first kappa shape index (κ1) is 14.3. The molecule has 0 unspecified atom stereocenters. The highest BCUT2D eigenvalue weighted by molar-refractivity contribution is 6.35. The summed E-state index contributed by atoms with van der Waals surface area (Å²) in [6.45, 7) is 2.85. The molecule has 0 aliphatic heterocycles. The number of aryl methyl sites for hydroxylation is 1. The molecular weight excluding hydrogens is 257 g/mol. The molecule has 0 heterocycles. The Balaban J connectivity index is 2.37. The van der Waals surface area contributed by atoms with Gasteiger partial charge in [0.25, 0.3) is 0 Å². The number of benzene rings is 1. The number of carbonyl (C=O) groups excluding carboxylic acids is 1. The zero-order valence-electron chi connectivity index (χ0n) is 9.93. The summed E-state index contributed by atoms with van der Waals surface area (Å²) in [7, 11) is 0. The van der Waals surface area contributed by atoms with Gasteiger partial charge in [-0.05, 0) is 30.5 Å². The van der Waals surface area contributed by atoms with Crippen molar-refractivity contribution in [2.24, 2.45) is 0 Å². The first-order valence-corrected chi connectivity index (χ1v) is 6.59. The van der Waals surface area contributed by atoms with E-state index in [4.69, 9.17) is 23.2 Å². The fourth-order valence-electron chi connectivity index (χ4n) is 1.47. The molecule has 0 saturated heterocycles. The normalized spacial score (nSPS) is 10.3. The summed E-state index contributed by atoms with van der Waals surface area (Å²) < 4.78 is 0. The van der Waals surface area contributed by atoms with Gasteiger partial charge in [0.15, 0.2) is 0 Å². The van der Waals surface area contributed by atoms with Gasteiger partial charge < -0.3 is 5.32 Å². The Morgan fingerprint density at radius 3 is 2.76 bits per heavy atom. The van der Waals surface area contributed by atoms with Gasteiger partial charge in [0.2, 0.25) is 5.91 Å². The van der Waals surface area contributed by atoms with Crippen LogP contribution in [0.5, 0.6) is 0 Å². The van der Waals surface area contributed by atoms with Crippen LogP contribution >= 0.6 is 23.2 Å². The van der Waals surface area contributed by atoms with Crippen LogP contribution in [0.15, 0.2) is 18.2 Å². The molecule has 0 radical (unpaired) electrons. The van der Waals surface area contributed by atoms with Gasteiger partial charge in [-0.25, -0.2) is 0 Å². The zero-order valence-corrected chi connectivity index (χ0v) is 11.4. The number of unbranched alkanes of at least 4 members (excludes halogenated alkanes) is 1. The number of carbonyl (C=O) groups is 1. The minimum absolute atomic E-state index is 0.0736. The Bertz CT molecular complexity index is 380. The van der Waals surface area contributed by atoms with E-state index < -0.39 is 0 Å². The van der Waals surface area contributed by atoms with Gasteiger partial charge in [0.1, 0.15) is 0 Å². The molecule has 0 fully saturated rings. The molecular formula is C13H17Cl2NO. The molecule has 1 aromatic rings. The van der Waals surface area contributed by atoms with Gasteiger partial charge in [-0.3, -0.25) is 4.79 Å². The van der Waals surface area contributed by atoms with Crippen LogP contribution in [0, 0.1) is 0 Å². The summed E-state index contributed by atoms with van der Waals surface area (Å²) in [4.78, 5) is 11.5. The van der Waals surface area contributed by atoms with E-state index in [0.29, 0.717) is 22.9 Å². The largest absolute Gasteiger partial charge is 0.356 e. The Morgan fingerprint density at radius 2 is 2.12 bits per heavy atom. The molecule has 4 heteroatoms. The van der Waals surface area contributed by atoms with Gasteiger partial charge in [-0.15, -0.1) is 0 Å². The summed E-state index contributed by atoms with van der Waals surface area (Å²) in [5.41, 5.74) is 0.960. The van der Waals surface area contributed by atoms with Gasteiger partial charge in [0.05, 0.1) is 0 Å². The molecule has 1 amide bonds. The topological polar surface area (TPSA) is 29.1 Å². The van der Waals surface area contributed by atoms with Crippen LogP contribution in [0.2, 0.25) is 10.0 Å². The number of rotatable bonds is 6. The SMILES string of the molecule is CCCCNC(=O)CCc1ccc(Cl)cc1Cl. The summed E-state index contributed by atoms with van der Waals surface area (Å²) in [6, 6.07) is 5.36. The maximum Gasteiger partial charge on any atom is 0.220 e. The molecule has 0 spiro atoms. The Kier molecular flexibility index (Phi) is 6.38. The third-order valence-corrected chi connectivity index (χ3v) is 3.08. The maximum absolute atomic E-state index is 11.5. The van der Waals surface area contributed by atoms with Crippen molar-refractivity contribution in [3.63, 3.8) is 0 Å². The van der Waals surface area contributed by atoms with Crippen LogP contribution in [0.3, 0.4) is 0 Å². The Morgan fingerprint density at radius 1 is 1.35 bits per heavy atom. The van der Waals surface area contributed by atoms with Crippen LogP contribution in [0.25, 0.3) is 0 Å². The third kappa shape index (κ3) is 5.42. The lowest BCUT2D eigenvalue weighted by atomic mass is 10.1. The van der Waals surface area contributed by atoms with E-state index in [9.17, 15) is 4.79 Å². The zero-order chi connectivity index (χ0) is 12.7. The Labute approximate surface area is 112 Å². The smallest absolute Gasteiger partial charge is 0.220 e. The molecule has 0 aliphatic carbocycles. The number of amides is 1. The van der Waals surface area contributed by atoms with Gasteiger partial charge in [-0.2, -0.15) is 0 Å². The lowest BCUT2D eigenvalue weighted by Crippen LogP contribution is -2.24. The second kappa shape index (κ2) is 7.57. The molecule has 2 nitrogen and oxygen atoms in total. The predicted molar refractivity (Wildman–Crippen MR) is 72.7 cm³/mol. The Hall–Kier alpha value is -0.730. The second-order valence-corrected chi connectivity index (χ2v) is 4.78. The quantitative estimate of drug-likeness (QED) is 0.784. The van der Waals surface area contributed by atoms with Crippen LogP contribution in [0.4, 0.5) is 0 Å². The van der Waals surface area contributed by atoms with E-state index >= 15 is 0 Å². The summed E-state index contributed by atoms with van der Waals surface area (Å²) in [5.74, 6) is 0.0736. The summed E-state index contributed by atoms with van der Waals surface area (Å²) in [5, 5.41) is 4.12. The average molecular weight is 274 g/mol. The van der Waals surface area contributed by atoms with E-state index in [0.717, 1.165) is 24.9 Å². The molecule has 1 aromatic carbocycles. The number of hydrogen-bond donors (Lipinski definition) is 1. The van der Waals surface area contributed by atoms with Crippen LogP contribution < -0.4 is 5.32 Å². The first-order chi connectivity index (χ1) is 8.13. The highest BCUT2D eigenvalue weighted by Crippen LogP contribution is 2.21. The van der Waals surface area contributed by atoms with Crippen LogP contribution in [0.1, 0.15) is 31.7 Å². The molecule has 0 aliphatic rings. The predicted octanol–water partition coefficient (Wildman–Crippen LogP) is 3.84. The average Bonchev–Trinajstić information content (AvgIpc) is 2.28. The number of hydrogen-bond acceptors (Lipinski definition) is 1. The molecule has 0 saturated carbocycles. The minimum atomic E-state index is 0.0736. The third-order valence-electron chi connectivity index (χ3n) is 2.49. The highest BCUT2D eigenvalue weighted by atomic mass is 35.5. The molecule has 0 atom stereocenters. The van der Waals surface area contributed by atoms with Crippen molar-refractivity contribution in [1.82, 2.24) is 5.32 Å². The standard InChI is InChI=1S/C13H17Cl2NO/c1-2-3-8-16-13(17)7-5-10-4-6-11(14)9-12(10)15/h4,6,9H,2-3,5,7-8H2,1H3,(H,16,17). The number of halogens is 2. The molecule has 17 heavy (non-hydrogen) atoms. The lowest BCUT2D eigenvalue weighted by Gasteiger charge is -2.06. The molecule has 94 valence electrons. The second-order valence-electron chi connectivity index (χ2n) is 3.94. The van der Waals surface area contributed by atoms with Crippen LogP contribution in [-0.4, -0.2) is 12.5 Å². The van der Waals surface area contributed by atoms with E-state index in [1.807, 2.05) is 6.07 Å². The molecule has 1 rings (SSSR count). The van der Waals surface area contributed by atoms with E-state index in [2.05, 4.69) is 12.2 Å². The maximum atomic E-state index is 11.5. The van der Waals surface area contributed by atoms with Crippen molar-refractivity contribution in [1.29, 1.82) is 0 Å². The molecule has 0 bridgehead atoms. The monoisotopic (exact) mass is 273 g/mol.